The van der Waals surface area contributed by atoms with Gasteiger partial charge in [0, 0.05) is 18.3 Å². The zero-order valence-electron chi connectivity index (χ0n) is 14.2. The molecular weight excluding hydrogens is 260 g/mol. The van der Waals surface area contributed by atoms with E-state index in [1.165, 1.54) is 44.5 Å². The van der Waals surface area contributed by atoms with Crippen LogP contribution in [-0.2, 0) is 6.54 Å². The Bertz CT molecular complexity index is 416. The van der Waals surface area contributed by atoms with Crippen molar-refractivity contribution < 1.29 is 0 Å². The maximum absolute atomic E-state index is 4.51. The van der Waals surface area contributed by atoms with Crippen molar-refractivity contribution in [3.05, 3.63) is 18.0 Å². The highest BCUT2D eigenvalue weighted by Gasteiger charge is 2.37. The smallest absolute Gasteiger partial charge is 0.0671 e. The third kappa shape index (κ3) is 3.67. The number of rotatable bonds is 6. The average Bonchev–Trinajstić information content (AvgIpc) is 2.74. The van der Waals surface area contributed by atoms with Crippen LogP contribution in [0.25, 0.3) is 0 Å². The Morgan fingerprint density at radius 1 is 1.24 bits per heavy atom. The number of likely N-dealkylation sites (tertiary alicyclic amines) is 1. The Kier molecular flexibility index (Phi) is 5.82. The first kappa shape index (κ1) is 16.5. The van der Waals surface area contributed by atoms with E-state index in [1.54, 1.807) is 0 Å². The third-order valence-electron chi connectivity index (χ3n) is 4.90. The summed E-state index contributed by atoms with van der Waals surface area (Å²) in [6.07, 6.45) is 8.47. The van der Waals surface area contributed by atoms with Gasteiger partial charge in [-0.15, -0.1) is 0 Å². The molecule has 0 amide bonds. The molecule has 1 aromatic rings. The normalized spacial score (nSPS) is 19.4. The molecule has 1 unspecified atom stereocenters. The minimum Gasteiger partial charge on any atom is -0.310 e. The van der Waals surface area contributed by atoms with Crippen molar-refractivity contribution in [2.75, 3.05) is 20.1 Å². The highest BCUT2D eigenvalue weighted by atomic mass is 15.3. The van der Waals surface area contributed by atoms with Crippen LogP contribution in [0.2, 0.25) is 0 Å². The van der Waals surface area contributed by atoms with Crippen LogP contribution >= 0.6 is 0 Å². The number of aryl methyl sites for hydroxylation is 1. The van der Waals surface area contributed by atoms with Gasteiger partial charge in [0.1, 0.15) is 0 Å². The Hall–Kier alpha value is -0.870. The van der Waals surface area contributed by atoms with Crippen LogP contribution in [0.5, 0.6) is 0 Å². The van der Waals surface area contributed by atoms with Crippen LogP contribution in [0.15, 0.2) is 12.3 Å². The van der Waals surface area contributed by atoms with Crippen molar-refractivity contribution in [1.29, 1.82) is 0 Å². The Labute approximate surface area is 129 Å². The summed E-state index contributed by atoms with van der Waals surface area (Å²) in [7, 11) is 2.08. The highest BCUT2D eigenvalue weighted by molar-refractivity contribution is 5.14. The minimum absolute atomic E-state index is 0.102. The number of nitrogens with one attached hydrogen (secondary N) is 1. The van der Waals surface area contributed by atoms with Gasteiger partial charge in [0.2, 0.25) is 0 Å². The molecule has 120 valence electrons. The molecule has 1 aliphatic heterocycles. The first-order valence-corrected chi connectivity index (χ1v) is 8.55. The molecule has 1 N–H and O–H groups in total. The van der Waals surface area contributed by atoms with Crippen molar-refractivity contribution in [2.45, 2.75) is 71.0 Å². The van der Waals surface area contributed by atoms with Crippen LogP contribution in [0, 0.1) is 0 Å². The molecule has 1 atom stereocenters. The monoisotopic (exact) mass is 292 g/mol. The van der Waals surface area contributed by atoms with Crippen molar-refractivity contribution in [2.24, 2.45) is 0 Å². The fraction of sp³-hybridized carbons (Fsp3) is 0.824. The molecule has 2 heterocycles. The summed E-state index contributed by atoms with van der Waals surface area (Å²) in [5.41, 5.74) is 1.42. The zero-order valence-corrected chi connectivity index (χ0v) is 14.2. The van der Waals surface area contributed by atoms with Crippen molar-refractivity contribution in [3.63, 3.8) is 0 Å². The van der Waals surface area contributed by atoms with Gasteiger partial charge in [0.25, 0.3) is 0 Å². The topological polar surface area (TPSA) is 33.1 Å². The van der Waals surface area contributed by atoms with Crippen molar-refractivity contribution in [3.8, 4) is 0 Å². The molecule has 0 radical (unpaired) electrons. The molecule has 21 heavy (non-hydrogen) atoms. The minimum atomic E-state index is 0.102. The van der Waals surface area contributed by atoms with E-state index in [9.17, 15) is 0 Å². The first-order chi connectivity index (χ1) is 10.1. The lowest BCUT2D eigenvalue weighted by atomic mass is 9.89. The van der Waals surface area contributed by atoms with Crippen LogP contribution in [0.3, 0.4) is 0 Å². The lowest BCUT2D eigenvalue weighted by Crippen LogP contribution is -2.53. The summed E-state index contributed by atoms with van der Waals surface area (Å²) >= 11 is 0. The summed E-state index contributed by atoms with van der Waals surface area (Å²) in [4.78, 5) is 2.67. The van der Waals surface area contributed by atoms with E-state index in [0.29, 0.717) is 6.04 Å². The van der Waals surface area contributed by atoms with E-state index < -0.39 is 0 Å². The molecule has 2 rings (SSSR count). The molecule has 1 fully saturated rings. The standard InChI is InChI=1S/C17H32N4/c1-5-12-21-15(10-11-19-21)16(18-4)17(2,3)20-13-8-6-7-9-14-20/h10-11,16,18H,5-9,12-14H2,1-4H3. The van der Waals surface area contributed by atoms with Crippen molar-refractivity contribution in [1.82, 2.24) is 20.0 Å². The van der Waals surface area contributed by atoms with Crippen LogP contribution in [0.4, 0.5) is 0 Å². The molecule has 0 bridgehead atoms. The number of nitrogens with zero attached hydrogens (tertiary/aromatic N) is 3. The highest BCUT2D eigenvalue weighted by Crippen LogP contribution is 2.32. The van der Waals surface area contributed by atoms with E-state index in [1.807, 2.05) is 6.20 Å². The summed E-state index contributed by atoms with van der Waals surface area (Å²) in [6, 6.07) is 2.49. The van der Waals surface area contributed by atoms with E-state index in [4.69, 9.17) is 0 Å². The number of hydrogen-bond donors (Lipinski definition) is 1. The number of hydrogen-bond acceptors (Lipinski definition) is 3. The first-order valence-electron chi connectivity index (χ1n) is 8.55. The van der Waals surface area contributed by atoms with Crippen molar-refractivity contribution >= 4 is 0 Å². The summed E-state index contributed by atoms with van der Waals surface area (Å²) < 4.78 is 2.17. The van der Waals surface area contributed by atoms with Gasteiger partial charge in [-0.2, -0.15) is 5.10 Å². The molecule has 0 saturated carbocycles. The Balaban J connectivity index is 2.23. The van der Waals surface area contributed by atoms with Gasteiger partial charge >= 0.3 is 0 Å². The summed E-state index contributed by atoms with van der Waals surface area (Å²) in [6.45, 7) is 10.4. The van der Waals surface area contributed by atoms with E-state index in [2.05, 4.69) is 53.9 Å². The number of likely N-dealkylation sites (N-methyl/N-ethyl adjacent to an activating group) is 1. The van der Waals surface area contributed by atoms with Gasteiger partial charge in [0.05, 0.1) is 11.7 Å². The van der Waals surface area contributed by atoms with E-state index in [-0.39, 0.29) is 5.54 Å². The molecule has 0 aromatic carbocycles. The molecule has 0 aliphatic carbocycles. The quantitative estimate of drug-likeness (QED) is 0.874. The van der Waals surface area contributed by atoms with Gasteiger partial charge in [-0.1, -0.05) is 19.8 Å². The third-order valence-corrected chi connectivity index (χ3v) is 4.90. The molecule has 1 aliphatic rings. The second-order valence-electron chi connectivity index (χ2n) is 6.76. The molecule has 1 saturated heterocycles. The average molecular weight is 292 g/mol. The summed E-state index contributed by atoms with van der Waals surface area (Å²) in [5.74, 6) is 0. The Morgan fingerprint density at radius 3 is 2.48 bits per heavy atom. The van der Waals surface area contributed by atoms with Crippen LogP contribution in [-0.4, -0.2) is 40.4 Å². The molecule has 4 heteroatoms. The van der Waals surface area contributed by atoms with Gasteiger partial charge in [-0.3, -0.25) is 9.58 Å². The predicted octanol–water partition coefficient (Wildman–Crippen LogP) is 3.21. The van der Waals surface area contributed by atoms with Gasteiger partial charge in [0.15, 0.2) is 0 Å². The fourth-order valence-electron chi connectivity index (χ4n) is 3.68. The molecule has 0 spiro atoms. The lowest BCUT2D eigenvalue weighted by molar-refractivity contribution is 0.0829. The number of aromatic nitrogens is 2. The molecule has 1 aromatic heterocycles. The molecule has 4 nitrogen and oxygen atoms in total. The van der Waals surface area contributed by atoms with Crippen LogP contribution in [0.1, 0.15) is 64.6 Å². The SMILES string of the molecule is CCCn1nccc1C(NC)C(C)(C)N1CCCCCC1. The van der Waals surface area contributed by atoms with Gasteiger partial charge in [-0.05, 0) is 59.3 Å². The Morgan fingerprint density at radius 2 is 1.90 bits per heavy atom. The zero-order chi connectivity index (χ0) is 15.3. The maximum Gasteiger partial charge on any atom is 0.0671 e. The van der Waals surface area contributed by atoms with Gasteiger partial charge in [-0.25, -0.2) is 0 Å². The van der Waals surface area contributed by atoms with E-state index >= 15 is 0 Å². The summed E-state index contributed by atoms with van der Waals surface area (Å²) in [5, 5.41) is 8.07. The van der Waals surface area contributed by atoms with E-state index in [0.717, 1.165) is 13.0 Å². The maximum atomic E-state index is 4.51. The largest absolute Gasteiger partial charge is 0.310 e. The second-order valence-corrected chi connectivity index (χ2v) is 6.76. The second kappa shape index (κ2) is 7.41. The van der Waals surface area contributed by atoms with Gasteiger partial charge < -0.3 is 5.32 Å². The van der Waals surface area contributed by atoms with Crippen LogP contribution < -0.4 is 5.32 Å². The fourth-order valence-corrected chi connectivity index (χ4v) is 3.68. The molecular formula is C17H32N4. The lowest BCUT2D eigenvalue weighted by Gasteiger charge is -2.44. The predicted molar refractivity (Wildman–Crippen MR) is 88.4 cm³/mol.